The molecule has 5 rings (SSSR count). The average molecular weight is 393 g/mol. The largest absolute Gasteiger partial charge is 0.459 e. The Hall–Kier alpha value is -2.63. The summed E-state index contributed by atoms with van der Waals surface area (Å²) >= 11 is 0. The fourth-order valence-electron chi connectivity index (χ4n) is 4.99. The minimum Gasteiger partial charge on any atom is -0.459 e. The maximum absolute atomic E-state index is 13.2. The normalized spacial score (nSPS) is 19.0. The van der Waals surface area contributed by atoms with Gasteiger partial charge in [0.2, 0.25) is 0 Å². The molecule has 6 heteroatoms. The van der Waals surface area contributed by atoms with Crippen LogP contribution in [-0.4, -0.2) is 26.6 Å². The fourth-order valence-corrected chi connectivity index (χ4v) is 4.99. The predicted octanol–water partition coefficient (Wildman–Crippen LogP) is 5.16. The number of nitrogen functional groups attached to an aromatic ring is 1. The van der Waals surface area contributed by atoms with E-state index in [2.05, 4.69) is 4.57 Å². The second-order valence-electron chi connectivity index (χ2n) is 8.47. The molecule has 0 spiro atoms. The van der Waals surface area contributed by atoms with E-state index < -0.39 is 0 Å². The van der Waals surface area contributed by atoms with Crippen molar-refractivity contribution in [1.29, 1.82) is 0 Å². The number of esters is 1. The van der Waals surface area contributed by atoms with Gasteiger partial charge >= 0.3 is 5.97 Å². The number of hydrogen-bond donors (Lipinski definition) is 1. The number of ether oxygens (including phenoxy) is 1. The molecule has 0 aliphatic heterocycles. The summed E-state index contributed by atoms with van der Waals surface area (Å²) in [5.74, 6) is 0.113. The molecule has 29 heavy (non-hydrogen) atoms. The number of rotatable bonds is 3. The molecule has 2 fully saturated rings. The zero-order valence-electron chi connectivity index (χ0n) is 16.8. The van der Waals surface area contributed by atoms with Crippen LogP contribution in [-0.2, 0) is 4.74 Å². The smallest absolute Gasteiger partial charge is 0.344 e. The molecule has 1 aromatic carbocycles. The van der Waals surface area contributed by atoms with E-state index in [0.29, 0.717) is 22.5 Å². The van der Waals surface area contributed by atoms with E-state index in [0.717, 1.165) is 49.6 Å². The monoisotopic (exact) mass is 392 g/mol. The van der Waals surface area contributed by atoms with E-state index in [4.69, 9.17) is 20.4 Å². The number of para-hydroxylation sites is 2. The number of nitrogens with zero attached hydrogens (tertiary/aromatic N) is 3. The molecular weight excluding hydrogens is 364 g/mol. The van der Waals surface area contributed by atoms with Gasteiger partial charge in [-0.1, -0.05) is 37.8 Å². The van der Waals surface area contributed by atoms with Crippen LogP contribution >= 0.6 is 0 Å². The molecule has 2 aliphatic rings. The lowest BCUT2D eigenvalue weighted by Crippen LogP contribution is -2.22. The topological polar surface area (TPSA) is 83.0 Å². The molecule has 0 amide bonds. The second-order valence-corrected chi connectivity index (χ2v) is 8.47. The SMILES string of the molecule is Nc1c(C(=O)OC2CCCCC2)c2nc3ccccc3nc2n1C1CCCCC1. The van der Waals surface area contributed by atoms with Gasteiger partial charge < -0.3 is 15.0 Å². The highest BCUT2D eigenvalue weighted by molar-refractivity contribution is 6.08. The Balaban J connectivity index is 1.64. The van der Waals surface area contributed by atoms with Gasteiger partial charge in [-0.2, -0.15) is 0 Å². The van der Waals surface area contributed by atoms with E-state index in [-0.39, 0.29) is 18.1 Å². The third kappa shape index (κ3) is 3.34. The molecule has 0 radical (unpaired) electrons. The molecular formula is C23H28N4O2. The quantitative estimate of drug-likeness (QED) is 0.622. The number of anilines is 1. The van der Waals surface area contributed by atoms with Gasteiger partial charge in [-0.15, -0.1) is 0 Å². The summed E-state index contributed by atoms with van der Waals surface area (Å²) in [6, 6.07) is 8.03. The molecule has 6 nitrogen and oxygen atoms in total. The lowest BCUT2D eigenvalue weighted by molar-refractivity contribution is 0.0214. The molecule has 2 heterocycles. The second kappa shape index (κ2) is 7.65. The van der Waals surface area contributed by atoms with E-state index in [1.54, 1.807) is 0 Å². The van der Waals surface area contributed by atoms with E-state index in [1.807, 2.05) is 24.3 Å². The fraction of sp³-hybridized carbons (Fsp3) is 0.522. The van der Waals surface area contributed by atoms with Crippen molar-refractivity contribution in [2.45, 2.75) is 76.4 Å². The molecule has 3 aromatic rings. The van der Waals surface area contributed by atoms with Crippen molar-refractivity contribution in [3.8, 4) is 0 Å². The summed E-state index contributed by atoms with van der Waals surface area (Å²) in [6.45, 7) is 0. The lowest BCUT2D eigenvalue weighted by atomic mass is 9.95. The van der Waals surface area contributed by atoms with Crippen LogP contribution in [0.1, 0.15) is 80.6 Å². The maximum atomic E-state index is 13.2. The van der Waals surface area contributed by atoms with Gasteiger partial charge in [0.25, 0.3) is 0 Å². The van der Waals surface area contributed by atoms with Crippen molar-refractivity contribution < 1.29 is 9.53 Å². The van der Waals surface area contributed by atoms with Crippen molar-refractivity contribution >= 4 is 34.0 Å². The molecule has 0 saturated heterocycles. The van der Waals surface area contributed by atoms with Crippen LogP contribution in [0.3, 0.4) is 0 Å². The zero-order valence-corrected chi connectivity index (χ0v) is 16.8. The van der Waals surface area contributed by atoms with Crippen LogP contribution in [0, 0.1) is 0 Å². The molecule has 2 aliphatic carbocycles. The minimum absolute atomic E-state index is 0.0165. The van der Waals surface area contributed by atoms with Gasteiger partial charge in [0.15, 0.2) is 5.65 Å². The van der Waals surface area contributed by atoms with Crippen LogP contribution in [0.2, 0.25) is 0 Å². The van der Waals surface area contributed by atoms with E-state index in [9.17, 15) is 4.79 Å². The third-order valence-electron chi connectivity index (χ3n) is 6.50. The molecule has 2 N–H and O–H groups in total. The highest BCUT2D eigenvalue weighted by atomic mass is 16.5. The number of aromatic nitrogens is 3. The summed E-state index contributed by atoms with van der Waals surface area (Å²) in [6.07, 6.45) is 11.0. The number of nitrogens with two attached hydrogens (primary N) is 1. The summed E-state index contributed by atoms with van der Waals surface area (Å²) in [4.78, 5) is 22.9. The first-order valence-corrected chi connectivity index (χ1v) is 11.0. The lowest BCUT2D eigenvalue weighted by Gasteiger charge is -2.25. The number of benzene rings is 1. The highest BCUT2D eigenvalue weighted by Gasteiger charge is 2.30. The van der Waals surface area contributed by atoms with Gasteiger partial charge in [-0.05, 0) is 50.7 Å². The van der Waals surface area contributed by atoms with Crippen molar-refractivity contribution in [3.05, 3.63) is 29.8 Å². The predicted molar refractivity (Wildman–Crippen MR) is 114 cm³/mol. The summed E-state index contributed by atoms with van der Waals surface area (Å²) in [7, 11) is 0. The minimum atomic E-state index is -0.349. The first kappa shape index (κ1) is 18.4. The van der Waals surface area contributed by atoms with Crippen molar-refractivity contribution in [3.63, 3.8) is 0 Å². The number of fused-ring (bicyclic) bond motifs is 2. The van der Waals surface area contributed by atoms with Gasteiger partial charge in [0.05, 0.1) is 11.0 Å². The third-order valence-corrected chi connectivity index (χ3v) is 6.50. The van der Waals surface area contributed by atoms with Gasteiger partial charge in [-0.3, -0.25) is 0 Å². The number of carbonyl (C=O) groups is 1. The number of hydrogen-bond acceptors (Lipinski definition) is 5. The molecule has 152 valence electrons. The van der Waals surface area contributed by atoms with Gasteiger partial charge in [0, 0.05) is 6.04 Å². The number of carbonyl (C=O) groups excluding carboxylic acids is 1. The Morgan fingerprint density at radius 1 is 0.931 bits per heavy atom. The van der Waals surface area contributed by atoms with Crippen LogP contribution in [0.25, 0.3) is 22.2 Å². The Morgan fingerprint density at radius 2 is 1.55 bits per heavy atom. The van der Waals surface area contributed by atoms with Crippen molar-refractivity contribution in [1.82, 2.24) is 14.5 Å². The summed E-state index contributed by atoms with van der Waals surface area (Å²) in [5, 5.41) is 0. The molecule has 2 saturated carbocycles. The Bertz CT molecular complexity index is 1050. The molecule has 2 aromatic heterocycles. The summed E-state index contributed by atoms with van der Waals surface area (Å²) < 4.78 is 7.94. The van der Waals surface area contributed by atoms with Gasteiger partial charge in [0.1, 0.15) is 23.0 Å². The molecule has 0 unspecified atom stereocenters. The Kier molecular flexibility index (Phi) is 4.86. The van der Waals surface area contributed by atoms with Crippen molar-refractivity contribution in [2.24, 2.45) is 0 Å². The highest BCUT2D eigenvalue weighted by Crippen LogP contribution is 2.37. The maximum Gasteiger partial charge on any atom is 0.344 e. The summed E-state index contributed by atoms with van der Waals surface area (Å²) in [5.41, 5.74) is 9.88. The van der Waals surface area contributed by atoms with Crippen LogP contribution in [0.15, 0.2) is 24.3 Å². The Morgan fingerprint density at radius 3 is 2.24 bits per heavy atom. The first-order valence-electron chi connectivity index (χ1n) is 11.0. The van der Waals surface area contributed by atoms with Crippen LogP contribution < -0.4 is 5.73 Å². The van der Waals surface area contributed by atoms with Crippen LogP contribution in [0.5, 0.6) is 0 Å². The first-order chi connectivity index (χ1) is 14.2. The zero-order chi connectivity index (χ0) is 19.8. The van der Waals surface area contributed by atoms with E-state index >= 15 is 0 Å². The van der Waals surface area contributed by atoms with E-state index in [1.165, 1.54) is 25.7 Å². The average Bonchev–Trinajstić information content (AvgIpc) is 3.04. The van der Waals surface area contributed by atoms with Gasteiger partial charge in [-0.25, -0.2) is 14.8 Å². The Labute approximate surface area is 170 Å². The van der Waals surface area contributed by atoms with Crippen LogP contribution in [0.4, 0.5) is 5.82 Å². The standard InChI is InChI=1S/C23H28N4O2/c24-21-19(23(28)29-16-11-5-2-6-12-16)20-22(27(21)15-9-3-1-4-10-15)26-18-14-8-7-13-17(18)25-20/h7-8,13-16H,1-6,9-12,24H2. The van der Waals surface area contributed by atoms with Crippen molar-refractivity contribution in [2.75, 3.05) is 5.73 Å². The molecule has 0 bridgehead atoms. The molecule has 0 atom stereocenters.